The molecule has 0 aromatic heterocycles. The quantitative estimate of drug-likeness (QED) is 0.0246. The fourth-order valence-electron chi connectivity index (χ4n) is 4.50. The van der Waals surface area contributed by atoms with Crippen molar-refractivity contribution in [2.24, 2.45) is 0 Å². The number of carbonyl (C=O) groups is 1. The third-order valence-electron chi connectivity index (χ3n) is 7.45. The van der Waals surface area contributed by atoms with Crippen LogP contribution in [0.5, 0.6) is 0 Å². The lowest BCUT2D eigenvalue weighted by Crippen LogP contribution is -2.29. The summed E-state index contributed by atoms with van der Waals surface area (Å²) in [6.45, 7) is 3.08. The summed E-state index contributed by atoms with van der Waals surface area (Å²) in [7, 11) is -4.55. The monoisotopic (exact) mass is 774 g/mol. The van der Waals surface area contributed by atoms with Crippen molar-refractivity contribution in [3.8, 4) is 0 Å². The van der Waals surface area contributed by atoms with Crippen molar-refractivity contribution in [1.82, 2.24) is 0 Å². The van der Waals surface area contributed by atoms with Gasteiger partial charge < -0.3 is 24.6 Å². The van der Waals surface area contributed by atoms with Crippen molar-refractivity contribution in [3.05, 3.63) is 109 Å². The average Bonchev–Trinajstić information content (AvgIpc) is 3.16. The van der Waals surface area contributed by atoms with E-state index < -0.39 is 45.8 Å². The maximum atomic E-state index is 12.6. The molecule has 0 heterocycles. The molecule has 0 fully saturated rings. The molecule has 9 nitrogen and oxygen atoms in total. The fraction of sp³-hybridized carbons (Fsp3) is 0.568. The third kappa shape index (κ3) is 38.8. The van der Waals surface area contributed by atoms with Gasteiger partial charge in [-0.2, -0.15) is 0 Å². The number of ether oxygens (including phenoxy) is 2. The van der Waals surface area contributed by atoms with Crippen LogP contribution in [0.25, 0.3) is 0 Å². The number of phosphoric ester groups is 1. The van der Waals surface area contributed by atoms with Gasteiger partial charge in [-0.25, -0.2) is 4.57 Å². The van der Waals surface area contributed by atoms with Crippen LogP contribution >= 0.6 is 7.82 Å². The molecule has 0 rings (SSSR count). The first-order chi connectivity index (χ1) is 26.3. The molecule has 10 heteroatoms. The lowest BCUT2D eigenvalue weighted by atomic mass is 10.2. The summed E-state index contributed by atoms with van der Waals surface area (Å²) < 4.78 is 33.2. The van der Waals surface area contributed by atoms with Crippen LogP contribution in [-0.2, 0) is 27.9 Å². The van der Waals surface area contributed by atoms with Crippen molar-refractivity contribution < 1.29 is 43.0 Å². The number of phosphoric acid groups is 1. The average molecular weight is 775 g/mol. The van der Waals surface area contributed by atoms with Gasteiger partial charge in [0.25, 0.3) is 0 Å². The van der Waals surface area contributed by atoms with E-state index in [0.29, 0.717) is 19.4 Å². The van der Waals surface area contributed by atoms with Crippen molar-refractivity contribution in [3.63, 3.8) is 0 Å². The fourth-order valence-corrected chi connectivity index (χ4v) is 5.29. The van der Waals surface area contributed by atoms with E-state index in [1.54, 1.807) is 0 Å². The number of unbranched alkanes of at least 4 members (excludes halogenated alkanes) is 4. The Morgan fingerprint density at radius 3 is 1.46 bits per heavy atom. The minimum absolute atomic E-state index is 0.00333. The summed E-state index contributed by atoms with van der Waals surface area (Å²) in [5.74, 6) is -0.457. The van der Waals surface area contributed by atoms with Gasteiger partial charge in [-0.3, -0.25) is 13.8 Å². The van der Waals surface area contributed by atoms with Crippen molar-refractivity contribution in [2.45, 2.75) is 129 Å². The zero-order valence-corrected chi connectivity index (χ0v) is 34.0. The summed E-state index contributed by atoms with van der Waals surface area (Å²) >= 11 is 0. The van der Waals surface area contributed by atoms with Gasteiger partial charge >= 0.3 is 13.8 Å². The molecule has 0 aromatic rings. The summed E-state index contributed by atoms with van der Waals surface area (Å²) in [5, 5.41) is 18.3. The van der Waals surface area contributed by atoms with Gasteiger partial charge in [-0.1, -0.05) is 130 Å². The first-order valence-corrected chi connectivity index (χ1v) is 21.4. The molecule has 0 bridgehead atoms. The van der Waals surface area contributed by atoms with Crippen molar-refractivity contribution in [2.75, 3.05) is 33.0 Å². The highest BCUT2D eigenvalue weighted by molar-refractivity contribution is 7.47. The lowest BCUT2D eigenvalue weighted by molar-refractivity contribution is -0.154. The van der Waals surface area contributed by atoms with Crippen LogP contribution < -0.4 is 0 Å². The van der Waals surface area contributed by atoms with Gasteiger partial charge in [-0.15, -0.1) is 0 Å². The molecular weight excluding hydrogens is 703 g/mol. The highest BCUT2D eigenvalue weighted by Gasteiger charge is 2.26. The van der Waals surface area contributed by atoms with Gasteiger partial charge in [0.15, 0.2) is 0 Å². The number of allylic oxidation sites excluding steroid dienone is 18. The molecule has 0 amide bonds. The number of aliphatic hydroxyl groups is 2. The van der Waals surface area contributed by atoms with Gasteiger partial charge in [0, 0.05) is 13.0 Å². The molecule has 3 atom stereocenters. The summed E-state index contributed by atoms with van der Waals surface area (Å²) in [6, 6.07) is 0. The maximum absolute atomic E-state index is 12.6. The standard InChI is InChI=1S/C44H71O9P/c1-3-5-7-9-11-13-15-17-19-21-22-24-26-28-30-32-34-36-44(47)53-43(41-52-54(48,49)51-39-42(46)38-45)40-50-37-35-33-31-29-27-25-23-20-18-16-14-12-10-8-6-4-2/h5-8,11-14,17-20,22,24-25,27-28,30,42-43,45-46H,3-4,9-10,15-16,21,23,26,29,31-41H2,1-2H3,(H,48,49)/b7-5-,8-6-,13-11-,14-12-,19-17-,20-18-,24-22-,27-25-,30-28-. The van der Waals surface area contributed by atoms with Crippen LogP contribution in [-0.4, -0.2) is 66.3 Å². The van der Waals surface area contributed by atoms with E-state index in [1.807, 2.05) is 6.08 Å². The van der Waals surface area contributed by atoms with E-state index in [1.165, 1.54) is 0 Å². The van der Waals surface area contributed by atoms with Crippen LogP contribution in [0.3, 0.4) is 0 Å². The summed E-state index contributed by atoms with van der Waals surface area (Å²) in [5.41, 5.74) is 0. The Morgan fingerprint density at radius 1 is 0.574 bits per heavy atom. The SMILES string of the molecule is CC/C=C\C/C=C\C/C=C\C/C=C\C/C=C\CCCC(=O)OC(COCCCCC/C=C\C/C=C\C/C=C\C/C=C\CC)COP(=O)(O)OCC(O)CO. The molecule has 0 aliphatic rings. The number of aliphatic hydroxyl groups excluding tert-OH is 2. The second kappa shape index (κ2) is 39.8. The van der Waals surface area contributed by atoms with Crippen molar-refractivity contribution >= 4 is 13.8 Å². The molecule has 3 N–H and O–H groups in total. The van der Waals surface area contributed by atoms with E-state index in [-0.39, 0.29) is 13.0 Å². The Bertz CT molecular complexity index is 1200. The van der Waals surface area contributed by atoms with Gasteiger partial charge in [0.2, 0.25) is 0 Å². The van der Waals surface area contributed by atoms with E-state index >= 15 is 0 Å². The zero-order chi connectivity index (χ0) is 39.6. The molecular formula is C44H71O9P. The predicted molar refractivity (Wildman–Crippen MR) is 223 cm³/mol. The Kier molecular flexibility index (Phi) is 37.7. The minimum atomic E-state index is -4.55. The topological polar surface area (TPSA) is 132 Å². The van der Waals surface area contributed by atoms with Crippen LogP contribution in [0.1, 0.15) is 117 Å². The molecule has 306 valence electrons. The normalized spacial score (nSPS) is 15.3. The van der Waals surface area contributed by atoms with Crippen LogP contribution in [0.2, 0.25) is 0 Å². The van der Waals surface area contributed by atoms with E-state index in [0.717, 1.165) is 83.5 Å². The predicted octanol–water partition coefficient (Wildman–Crippen LogP) is 10.7. The maximum Gasteiger partial charge on any atom is 0.472 e. The first kappa shape index (κ1) is 51.1. The molecule has 0 saturated heterocycles. The Morgan fingerprint density at radius 2 is 1.00 bits per heavy atom. The number of hydrogen-bond acceptors (Lipinski definition) is 8. The van der Waals surface area contributed by atoms with Gasteiger partial charge in [0.1, 0.15) is 12.2 Å². The molecule has 0 saturated carbocycles. The molecule has 0 aliphatic carbocycles. The number of esters is 1. The number of hydrogen-bond donors (Lipinski definition) is 3. The van der Waals surface area contributed by atoms with Gasteiger partial charge in [0.05, 0.1) is 26.4 Å². The first-order valence-electron chi connectivity index (χ1n) is 19.9. The van der Waals surface area contributed by atoms with Crippen LogP contribution in [0.4, 0.5) is 0 Å². The second-order valence-corrected chi connectivity index (χ2v) is 14.0. The molecule has 0 radical (unpaired) electrons. The highest BCUT2D eigenvalue weighted by Crippen LogP contribution is 2.43. The molecule has 3 unspecified atom stereocenters. The van der Waals surface area contributed by atoms with Crippen LogP contribution in [0, 0.1) is 0 Å². The Balaban J connectivity index is 4.42. The Labute approximate surface area is 327 Å². The smallest absolute Gasteiger partial charge is 0.457 e. The summed E-state index contributed by atoms with van der Waals surface area (Å²) in [6.07, 6.45) is 50.6. The van der Waals surface area contributed by atoms with E-state index in [2.05, 4.69) is 117 Å². The largest absolute Gasteiger partial charge is 0.472 e. The lowest BCUT2D eigenvalue weighted by Gasteiger charge is -2.20. The Hall–Kier alpha value is -2.88. The minimum Gasteiger partial charge on any atom is -0.457 e. The van der Waals surface area contributed by atoms with E-state index in [4.69, 9.17) is 23.6 Å². The van der Waals surface area contributed by atoms with Crippen LogP contribution in [0.15, 0.2) is 109 Å². The zero-order valence-electron chi connectivity index (χ0n) is 33.1. The summed E-state index contributed by atoms with van der Waals surface area (Å²) in [4.78, 5) is 22.5. The van der Waals surface area contributed by atoms with E-state index in [9.17, 15) is 19.4 Å². The molecule has 0 aromatic carbocycles. The third-order valence-corrected chi connectivity index (χ3v) is 8.40. The van der Waals surface area contributed by atoms with Gasteiger partial charge in [-0.05, 0) is 89.9 Å². The second-order valence-electron chi connectivity index (χ2n) is 12.5. The molecule has 0 spiro atoms. The molecule has 0 aliphatic heterocycles. The molecule has 54 heavy (non-hydrogen) atoms. The highest BCUT2D eigenvalue weighted by atomic mass is 31.2. The number of rotatable bonds is 36. The van der Waals surface area contributed by atoms with Crippen molar-refractivity contribution in [1.29, 1.82) is 0 Å². The number of carbonyl (C=O) groups excluding carboxylic acids is 1.